The molecule has 1 atom stereocenters. The van der Waals surface area contributed by atoms with Crippen LogP contribution in [0.4, 0.5) is 17.3 Å². The van der Waals surface area contributed by atoms with Crippen LogP contribution in [-0.2, 0) is 4.79 Å². The first-order valence-corrected chi connectivity index (χ1v) is 6.12. The van der Waals surface area contributed by atoms with Gasteiger partial charge < -0.3 is 21.5 Å². The number of hydrogen-bond donors (Lipinski definition) is 4. The summed E-state index contributed by atoms with van der Waals surface area (Å²) in [5.74, 6) is 0.602. The highest BCUT2D eigenvalue weighted by Crippen LogP contribution is 2.29. The van der Waals surface area contributed by atoms with E-state index in [1.165, 1.54) is 0 Å². The SMILES string of the molecule is CCCN(C)C(O)c1nc(N)c2c(n1)NCC(=O)N2. The van der Waals surface area contributed by atoms with Crippen LogP contribution in [0.3, 0.4) is 0 Å². The summed E-state index contributed by atoms with van der Waals surface area (Å²) in [5, 5.41) is 15.6. The Morgan fingerprint density at radius 2 is 2.26 bits per heavy atom. The second-order valence-electron chi connectivity index (χ2n) is 4.45. The lowest BCUT2D eigenvalue weighted by atomic mass is 10.3. The van der Waals surface area contributed by atoms with Crippen LogP contribution in [0.25, 0.3) is 0 Å². The number of hydrogen-bond acceptors (Lipinski definition) is 7. The van der Waals surface area contributed by atoms with Gasteiger partial charge in [-0.3, -0.25) is 9.69 Å². The maximum absolute atomic E-state index is 11.2. The van der Waals surface area contributed by atoms with Crippen molar-refractivity contribution in [2.24, 2.45) is 0 Å². The van der Waals surface area contributed by atoms with Crippen molar-refractivity contribution < 1.29 is 9.90 Å². The van der Waals surface area contributed by atoms with E-state index < -0.39 is 6.23 Å². The number of anilines is 3. The highest BCUT2D eigenvalue weighted by molar-refractivity contribution is 6.02. The number of nitrogen functional groups attached to an aromatic ring is 1. The van der Waals surface area contributed by atoms with Crippen molar-refractivity contribution in [3.8, 4) is 0 Å². The summed E-state index contributed by atoms with van der Waals surface area (Å²) in [7, 11) is 1.78. The van der Waals surface area contributed by atoms with Crippen LogP contribution in [-0.4, -0.2) is 46.0 Å². The predicted octanol–water partition coefficient (Wildman–Crippen LogP) is -0.244. The minimum atomic E-state index is -0.924. The molecule has 8 nitrogen and oxygen atoms in total. The van der Waals surface area contributed by atoms with Gasteiger partial charge in [0, 0.05) is 6.54 Å². The molecule has 0 spiro atoms. The van der Waals surface area contributed by atoms with Gasteiger partial charge in [0.25, 0.3) is 0 Å². The van der Waals surface area contributed by atoms with Gasteiger partial charge in [-0.1, -0.05) is 6.92 Å². The molecule has 0 aromatic carbocycles. The Kier molecular flexibility index (Phi) is 3.82. The van der Waals surface area contributed by atoms with Crippen molar-refractivity contribution in [3.05, 3.63) is 5.82 Å². The zero-order chi connectivity index (χ0) is 14.0. The van der Waals surface area contributed by atoms with Crippen molar-refractivity contribution in [2.45, 2.75) is 19.6 Å². The fourth-order valence-corrected chi connectivity index (χ4v) is 1.88. The van der Waals surface area contributed by atoms with E-state index in [1.807, 2.05) is 6.92 Å². The summed E-state index contributed by atoms with van der Waals surface area (Å²) in [6.45, 7) is 2.86. The average molecular weight is 266 g/mol. The number of aliphatic hydroxyl groups is 1. The Labute approximate surface area is 111 Å². The molecule has 1 unspecified atom stereocenters. The Balaban J connectivity index is 2.29. The molecule has 2 rings (SSSR count). The third kappa shape index (κ3) is 2.74. The smallest absolute Gasteiger partial charge is 0.243 e. The lowest BCUT2D eigenvalue weighted by Gasteiger charge is -2.24. The van der Waals surface area contributed by atoms with Gasteiger partial charge in [0.05, 0.1) is 6.54 Å². The molecule has 5 N–H and O–H groups in total. The number of fused-ring (bicyclic) bond motifs is 1. The summed E-state index contributed by atoms with van der Waals surface area (Å²) in [6, 6.07) is 0. The minimum absolute atomic E-state index is 0.129. The van der Waals surface area contributed by atoms with E-state index in [-0.39, 0.29) is 24.1 Å². The number of rotatable bonds is 4. The summed E-state index contributed by atoms with van der Waals surface area (Å²) in [5.41, 5.74) is 6.15. The summed E-state index contributed by atoms with van der Waals surface area (Å²) >= 11 is 0. The first kappa shape index (κ1) is 13.5. The summed E-state index contributed by atoms with van der Waals surface area (Å²) in [6.07, 6.45) is -0.0190. The molecule has 1 aromatic heterocycles. The second-order valence-corrected chi connectivity index (χ2v) is 4.45. The fraction of sp³-hybridized carbons (Fsp3) is 0.545. The van der Waals surface area contributed by atoms with Crippen LogP contribution < -0.4 is 16.4 Å². The van der Waals surface area contributed by atoms with Gasteiger partial charge in [0.1, 0.15) is 5.69 Å². The molecule has 104 valence electrons. The molecule has 8 heteroatoms. The molecule has 19 heavy (non-hydrogen) atoms. The highest BCUT2D eigenvalue weighted by Gasteiger charge is 2.23. The van der Waals surface area contributed by atoms with Crippen molar-refractivity contribution in [1.29, 1.82) is 0 Å². The van der Waals surface area contributed by atoms with E-state index >= 15 is 0 Å². The fourth-order valence-electron chi connectivity index (χ4n) is 1.88. The molecule has 1 aliphatic heterocycles. The number of carbonyl (C=O) groups excluding carboxylic acids is 1. The Hall–Kier alpha value is -1.93. The van der Waals surface area contributed by atoms with Crippen molar-refractivity contribution in [2.75, 3.05) is 36.5 Å². The van der Waals surface area contributed by atoms with E-state index in [1.54, 1.807) is 11.9 Å². The minimum Gasteiger partial charge on any atom is -0.382 e. The van der Waals surface area contributed by atoms with Crippen LogP contribution in [0.5, 0.6) is 0 Å². The van der Waals surface area contributed by atoms with Crippen LogP contribution >= 0.6 is 0 Å². The molecule has 0 radical (unpaired) electrons. The summed E-state index contributed by atoms with van der Waals surface area (Å²) in [4.78, 5) is 21.2. The van der Waals surface area contributed by atoms with Gasteiger partial charge >= 0.3 is 0 Å². The Morgan fingerprint density at radius 1 is 1.53 bits per heavy atom. The second kappa shape index (κ2) is 5.37. The van der Waals surface area contributed by atoms with E-state index in [9.17, 15) is 9.90 Å². The molecule has 0 saturated carbocycles. The van der Waals surface area contributed by atoms with Crippen molar-refractivity contribution in [3.63, 3.8) is 0 Å². The molecule has 1 aromatic rings. The Bertz CT molecular complexity index is 492. The Morgan fingerprint density at radius 3 is 2.95 bits per heavy atom. The highest BCUT2D eigenvalue weighted by atomic mass is 16.3. The third-order valence-corrected chi connectivity index (χ3v) is 2.86. The molecule has 0 fully saturated rings. The zero-order valence-electron chi connectivity index (χ0n) is 11.0. The quantitative estimate of drug-likeness (QED) is 0.555. The van der Waals surface area contributed by atoms with Gasteiger partial charge in [-0.15, -0.1) is 0 Å². The van der Waals surface area contributed by atoms with Gasteiger partial charge in [-0.25, -0.2) is 9.97 Å². The van der Waals surface area contributed by atoms with E-state index in [0.29, 0.717) is 18.1 Å². The van der Waals surface area contributed by atoms with Crippen LogP contribution in [0.15, 0.2) is 0 Å². The van der Waals surface area contributed by atoms with Gasteiger partial charge in [0.15, 0.2) is 23.7 Å². The standard InChI is InChI=1S/C11H18N6O2/c1-3-4-17(2)11(19)10-15-8(12)7-9(16-10)13-5-6(18)14-7/h11,19H,3-5H2,1-2H3,(H,14,18)(H3,12,13,15,16). The van der Waals surface area contributed by atoms with Gasteiger partial charge in [0.2, 0.25) is 5.91 Å². The number of nitrogens with zero attached hydrogens (tertiary/aromatic N) is 3. The van der Waals surface area contributed by atoms with Crippen LogP contribution in [0.1, 0.15) is 25.4 Å². The van der Waals surface area contributed by atoms with Gasteiger partial charge in [-0.05, 0) is 13.5 Å². The molecule has 1 aliphatic rings. The van der Waals surface area contributed by atoms with Crippen molar-refractivity contribution >= 4 is 23.2 Å². The van der Waals surface area contributed by atoms with Gasteiger partial charge in [-0.2, -0.15) is 0 Å². The maximum atomic E-state index is 11.2. The largest absolute Gasteiger partial charge is 0.382 e. The number of aromatic nitrogens is 2. The molecule has 0 bridgehead atoms. The normalized spacial score (nSPS) is 15.7. The molecular formula is C11H18N6O2. The number of aliphatic hydroxyl groups excluding tert-OH is 1. The number of nitrogens with two attached hydrogens (primary N) is 1. The first-order chi connectivity index (χ1) is 9.02. The molecule has 1 amide bonds. The molecular weight excluding hydrogens is 248 g/mol. The molecule has 0 saturated heterocycles. The molecule has 2 heterocycles. The summed E-state index contributed by atoms with van der Waals surface area (Å²) < 4.78 is 0. The lowest BCUT2D eigenvalue weighted by molar-refractivity contribution is -0.114. The average Bonchev–Trinajstić information content (AvgIpc) is 2.38. The third-order valence-electron chi connectivity index (χ3n) is 2.86. The predicted molar refractivity (Wildman–Crippen MR) is 71.4 cm³/mol. The van der Waals surface area contributed by atoms with E-state index in [2.05, 4.69) is 20.6 Å². The van der Waals surface area contributed by atoms with Crippen molar-refractivity contribution in [1.82, 2.24) is 14.9 Å². The maximum Gasteiger partial charge on any atom is 0.243 e. The molecule has 0 aliphatic carbocycles. The monoisotopic (exact) mass is 266 g/mol. The van der Waals surface area contributed by atoms with Crippen LogP contribution in [0.2, 0.25) is 0 Å². The number of carbonyl (C=O) groups is 1. The van der Waals surface area contributed by atoms with Crippen LogP contribution in [0, 0.1) is 0 Å². The lowest BCUT2D eigenvalue weighted by Crippen LogP contribution is -2.31. The van der Waals surface area contributed by atoms with E-state index in [4.69, 9.17) is 5.73 Å². The number of nitrogens with one attached hydrogen (secondary N) is 2. The number of amides is 1. The van der Waals surface area contributed by atoms with E-state index in [0.717, 1.165) is 6.42 Å². The zero-order valence-corrected chi connectivity index (χ0v) is 11.0. The topological polar surface area (TPSA) is 116 Å². The first-order valence-electron chi connectivity index (χ1n) is 6.12.